The number of ether oxygens (including phenoxy) is 2. The average molecular weight is 307 g/mol. The van der Waals surface area contributed by atoms with Crippen LogP contribution in [0.5, 0.6) is 0 Å². The van der Waals surface area contributed by atoms with Crippen molar-refractivity contribution in [2.24, 2.45) is 0 Å². The van der Waals surface area contributed by atoms with Crippen molar-refractivity contribution >= 4 is 0 Å². The standard InChI is InChI=1S/C16H25N3O3/c1-3-13(20-7-1)9-19(10-14-4-2-8-21-14)11-15-17-16(18-22-15)12-5-6-12/h12-14H,1-11H2/t13-,14+. The van der Waals surface area contributed by atoms with Gasteiger partial charge in [0.1, 0.15) is 0 Å². The summed E-state index contributed by atoms with van der Waals surface area (Å²) in [6, 6.07) is 0. The van der Waals surface area contributed by atoms with Gasteiger partial charge in [-0.2, -0.15) is 4.98 Å². The van der Waals surface area contributed by atoms with Gasteiger partial charge in [0.2, 0.25) is 5.89 Å². The smallest absolute Gasteiger partial charge is 0.240 e. The average Bonchev–Trinajstić information content (AvgIpc) is 2.96. The monoisotopic (exact) mass is 307 g/mol. The Morgan fingerprint density at radius 2 is 1.64 bits per heavy atom. The first-order chi connectivity index (χ1) is 10.9. The van der Waals surface area contributed by atoms with E-state index in [-0.39, 0.29) is 0 Å². The molecule has 1 aliphatic carbocycles. The van der Waals surface area contributed by atoms with Crippen molar-refractivity contribution in [1.29, 1.82) is 0 Å². The van der Waals surface area contributed by atoms with E-state index in [9.17, 15) is 0 Å². The van der Waals surface area contributed by atoms with Crippen molar-refractivity contribution in [3.8, 4) is 0 Å². The molecule has 6 heteroatoms. The van der Waals surface area contributed by atoms with Crippen LogP contribution in [0.4, 0.5) is 0 Å². The molecule has 6 nitrogen and oxygen atoms in total. The van der Waals surface area contributed by atoms with Crippen LogP contribution in [0.1, 0.15) is 56.2 Å². The van der Waals surface area contributed by atoms with E-state index in [1.54, 1.807) is 0 Å². The molecule has 0 spiro atoms. The Morgan fingerprint density at radius 1 is 0.955 bits per heavy atom. The molecule has 3 fully saturated rings. The Bertz CT molecular complexity index is 459. The van der Waals surface area contributed by atoms with Crippen LogP contribution in [-0.4, -0.2) is 53.6 Å². The van der Waals surface area contributed by atoms with E-state index in [2.05, 4.69) is 15.0 Å². The number of aromatic nitrogens is 2. The molecule has 1 aromatic rings. The second-order valence-electron chi connectivity index (χ2n) is 6.78. The molecule has 0 bridgehead atoms. The molecule has 122 valence electrons. The highest BCUT2D eigenvalue weighted by Gasteiger charge is 2.30. The number of hydrogen-bond donors (Lipinski definition) is 0. The van der Waals surface area contributed by atoms with Crippen LogP contribution < -0.4 is 0 Å². The van der Waals surface area contributed by atoms with Gasteiger partial charge < -0.3 is 14.0 Å². The summed E-state index contributed by atoms with van der Waals surface area (Å²) >= 11 is 0. The molecule has 0 radical (unpaired) electrons. The van der Waals surface area contributed by atoms with Crippen molar-refractivity contribution in [3.05, 3.63) is 11.7 Å². The molecule has 2 saturated heterocycles. The largest absolute Gasteiger partial charge is 0.377 e. The predicted octanol–water partition coefficient (Wildman–Crippen LogP) is 2.11. The lowest BCUT2D eigenvalue weighted by molar-refractivity contribution is 0.0309. The van der Waals surface area contributed by atoms with Gasteiger partial charge in [0.15, 0.2) is 5.82 Å². The zero-order chi connectivity index (χ0) is 14.8. The summed E-state index contributed by atoms with van der Waals surface area (Å²) in [5.41, 5.74) is 0. The summed E-state index contributed by atoms with van der Waals surface area (Å²) < 4.78 is 17.0. The SMILES string of the molecule is C1CO[C@@H](CN(Cc2nc(C3CC3)no2)C[C@@H]2CCCO2)C1. The summed E-state index contributed by atoms with van der Waals surface area (Å²) in [7, 11) is 0. The lowest BCUT2D eigenvalue weighted by atomic mass is 10.2. The van der Waals surface area contributed by atoms with Crippen molar-refractivity contribution in [2.45, 2.75) is 63.2 Å². The summed E-state index contributed by atoms with van der Waals surface area (Å²) in [6.45, 7) is 4.36. The minimum absolute atomic E-state index is 0.340. The van der Waals surface area contributed by atoms with Crippen LogP contribution in [0.2, 0.25) is 0 Å². The van der Waals surface area contributed by atoms with Crippen molar-refractivity contribution in [3.63, 3.8) is 0 Å². The zero-order valence-electron chi connectivity index (χ0n) is 13.1. The molecule has 2 aliphatic heterocycles. The van der Waals surface area contributed by atoms with Crippen LogP contribution >= 0.6 is 0 Å². The second kappa shape index (κ2) is 6.64. The fraction of sp³-hybridized carbons (Fsp3) is 0.875. The third kappa shape index (κ3) is 3.67. The molecule has 3 heterocycles. The van der Waals surface area contributed by atoms with E-state index in [0.29, 0.717) is 24.7 Å². The quantitative estimate of drug-likeness (QED) is 0.769. The Hall–Kier alpha value is -0.980. The molecular formula is C16H25N3O3. The van der Waals surface area contributed by atoms with Crippen LogP contribution in [0.3, 0.4) is 0 Å². The van der Waals surface area contributed by atoms with E-state index < -0.39 is 0 Å². The van der Waals surface area contributed by atoms with E-state index in [0.717, 1.165) is 50.9 Å². The highest BCUT2D eigenvalue weighted by molar-refractivity contribution is 5.03. The molecule has 0 N–H and O–H groups in total. The van der Waals surface area contributed by atoms with Gasteiger partial charge in [-0.1, -0.05) is 5.16 Å². The maximum atomic E-state index is 5.79. The maximum Gasteiger partial charge on any atom is 0.240 e. The summed E-state index contributed by atoms with van der Waals surface area (Å²) in [4.78, 5) is 6.93. The zero-order valence-corrected chi connectivity index (χ0v) is 13.1. The third-order valence-electron chi connectivity index (χ3n) is 4.76. The highest BCUT2D eigenvalue weighted by Crippen LogP contribution is 2.38. The molecular weight excluding hydrogens is 282 g/mol. The molecule has 0 aromatic carbocycles. The first kappa shape index (κ1) is 14.6. The fourth-order valence-corrected chi connectivity index (χ4v) is 3.39. The summed E-state index contributed by atoms with van der Waals surface area (Å²) in [5, 5.41) is 4.12. The van der Waals surface area contributed by atoms with Gasteiger partial charge in [0.05, 0.1) is 18.8 Å². The first-order valence-corrected chi connectivity index (χ1v) is 8.65. The van der Waals surface area contributed by atoms with Gasteiger partial charge in [0, 0.05) is 32.2 Å². The Morgan fingerprint density at radius 3 is 2.18 bits per heavy atom. The molecule has 4 rings (SSSR count). The molecule has 2 atom stereocenters. The fourth-order valence-electron chi connectivity index (χ4n) is 3.39. The highest BCUT2D eigenvalue weighted by atomic mass is 16.5. The molecule has 0 amide bonds. The minimum atomic E-state index is 0.340. The molecule has 1 aromatic heterocycles. The van der Waals surface area contributed by atoms with Crippen LogP contribution in [0.15, 0.2) is 4.52 Å². The molecule has 3 aliphatic rings. The van der Waals surface area contributed by atoms with Crippen LogP contribution in [-0.2, 0) is 16.0 Å². The van der Waals surface area contributed by atoms with Crippen LogP contribution in [0.25, 0.3) is 0 Å². The molecule has 22 heavy (non-hydrogen) atoms. The summed E-state index contributed by atoms with van der Waals surface area (Å²) in [5.74, 6) is 2.17. The predicted molar refractivity (Wildman–Crippen MR) is 79.5 cm³/mol. The van der Waals surface area contributed by atoms with Gasteiger partial charge in [-0.3, -0.25) is 4.90 Å². The lowest BCUT2D eigenvalue weighted by Gasteiger charge is -2.26. The summed E-state index contributed by atoms with van der Waals surface area (Å²) in [6.07, 6.45) is 7.73. The van der Waals surface area contributed by atoms with Crippen molar-refractivity contribution in [2.75, 3.05) is 26.3 Å². The number of rotatable bonds is 7. The second-order valence-corrected chi connectivity index (χ2v) is 6.78. The third-order valence-corrected chi connectivity index (χ3v) is 4.76. The van der Waals surface area contributed by atoms with Gasteiger partial charge in [-0.15, -0.1) is 0 Å². The Labute approximate surface area is 131 Å². The van der Waals surface area contributed by atoms with Crippen molar-refractivity contribution < 1.29 is 14.0 Å². The van der Waals surface area contributed by atoms with Gasteiger partial charge in [-0.25, -0.2) is 0 Å². The maximum absolute atomic E-state index is 5.79. The molecule has 0 unspecified atom stereocenters. The van der Waals surface area contributed by atoms with Gasteiger partial charge in [0.25, 0.3) is 0 Å². The van der Waals surface area contributed by atoms with E-state index in [4.69, 9.17) is 14.0 Å². The minimum Gasteiger partial charge on any atom is -0.377 e. The Balaban J connectivity index is 1.37. The lowest BCUT2D eigenvalue weighted by Crippen LogP contribution is -2.37. The normalized spacial score (nSPS) is 28.8. The van der Waals surface area contributed by atoms with E-state index in [1.165, 1.54) is 25.7 Å². The van der Waals surface area contributed by atoms with E-state index in [1.807, 2.05) is 0 Å². The number of nitrogens with zero attached hydrogens (tertiary/aromatic N) is 3. The topological polar surface area (TPSA) is 60.6 Å². The Kier molecular flexibility index (Phi) is 4.41. The van der Waals surface area contributed by atoms with Crippen LogP contribution in [0, 0.1) is 0 Å². The first-order valence-electron chi connectivity index (χ1n) is 8.65. The number of hydrogen-bond acceptors (Lipinski definition) is 6. The molecule has 1 saturated carbocycles. The van der Waals surface area contributed by atoms with Gasteiger partial charge in [-0.05, 0) is 38.5 Å². The van der Waals surface area contributed by atoms with E-state index >= 15 is 0 Å². The van der Waals surface area contributed by atoms with Crippen molar-refractivity contribution in [1.82, 2.24) is 15.0 Å². The van der Waals surface area contributed by atoms with Gasteiger partial charge >= 0.3 is 0 Å².